The van der Waals surface area contributed by atoms with Gasteiger partial charge >= 0.3 is 0 Å². The molecule has 1 aliphatic carbocycles. The summed E-state index contributed by atoms with van der Waals surface area (Å²) in [6.45, 7) is 0. The van der Waals surface area contributed by atoms with Crippen molar-refractivity contribution < 1.29 is 41.1 Å². The molecular formula is C7H16O2SU. The number of rotatable bonds is 0. The van der Waals surface area contributed by atoms with Crippen molar-refractivity contribution in [2.24, 2.45) is 0 Å². The van der Waals surface area contributed by atoms with Gasteiger partial charge in [-0.3, -0.25) is 0 Å². The van der Waals surface area contributed by atoms with Gasteiger partial charge in [-0.2, -0.15) is 0 Å². The Morgan fingerprint density at radius 1 is 1.18 bits per heavy atom. The molecule has 66 valence electrons. The topological polar surface area (TPSA) is 51.7 Å². The average molecular weight is 402 g/mol. The molecule has 4 heteroatoms. The van der Waals surface area contributed by atoms with Gasteiger partial charge in [0.2, 0.25) is 0 Å². The molecule has 0 saturated carbocycles. The zero-order valence-electron chi connectivity index (χ0n) is 6.84. The van der Waals surface area contributed by atoms with Crippen LogP contribution in [-0.4, -0.2) is 16.3 Å². The molecule has 0 aromatic carbocycles. The van der Waals surface area contributed by atoms with Gasteiger partial charge in [0.1, 0.15) is 0 Å². The molecule has 0 atom stereocenters. The molecule has 0 unspecified atom stereocenters. The second-order valence-electron chi connectivity index (χ2n) is 1.94. The van der Waals surface area contributed by atoms with Gasteiger partial charge < -0.3 is 10.0 Å². The van der Waals surface area contributed by atoms with E-state index in [0.29, 0.717) is 0 Å². The molecule has 0 heterocycles. The Balaban J connectivity index is -0.000000116. The SMILES string of the molecule is C1=CCCCC1.CSO.O.[U]. The first-order valence-corrected chi connectivity index (χ1v) is 4.42. The van der Waals surface area contributed by atoms with E-state index in [1.807, 2.05) is 0 Å². The monoisotopic (exact) mass is 402 g/mol. The summed E-state index contributed by atoms with van der Waals surface area (Å²) in [6, 6.07) is 0. The van der Waals surface area contributed by atoms with Gasteiger partial charge in [-0.05, 0) is 37.7 Å². The van der Waals surface area contributed by atoms with Gasteiger partial charge in [0.25, 0.3) is 0 Å². The number of hydrogen-bond acceptors (Lipinski definition) is 2. The first-order valence-electron chi connectivity index (χ1n) is 3.24. The minimum atomic E-state index is 0. The summed E-state index contributed by atoms with van der Waals surface area (Å²) in [4.78, 5) is 0. The standard InChI is InChI=1S/C6H10.CH4OS.H2O.U/c1-2-4-6-5-3-1;1-3-2;;/h1-2H,3-6H2;2H,1H3;1H2;. The molecule has 0 saturated heterocycles. The van der Waals surface area contributed by atoms with Crippen molar-refractivity contribution in [3.05, 3.63) is 12.2 Å². The third-order valence-electron chi connectivity index (χ3n) is 1.16. The molecule has 11 heavy (non-hydrogen) atoms. The molecule has 3 N–H and O–H groups in total. The molecule has 0 radical (unpaired) electrons. The van der Waals surface area contributed by atoms with Crippen molar-refractivity contribution in [2.75, 3.05) is 6.26 Å². The van der Waals surface area contributed by atoms with E-state index >= 15 is 0 Å². The Morgan fingerprint density at radius 3 is 1.55 bits per heavy atom. The van der Waals surface area contributed by atoms with E-state index in [-0.39, 0.29) is 36.6 Å². The molecule has 1 aliphatic rings. The second kappa shape index (κ2) is 17.2. The fraction of sp³-hybridized carbons (Fsp3) is 0.714. The largest absolute Gasteiger partial charge is 0.412 e. The van der Waals surface area contributed by atoms with Gasteiger partial charge in [0.15, 0.2) is 0 Å². The van der Waals surface area contributed by atoms with E-state index in [1.165, 1.54) is 25.7 Å². The smallest absolute Gasteiger partial charge is 0.00795 e. The molecule has 0 amide bonds. The molecule has 0 fully saturated rings. The summed E-state index contributed by atoms with van der Waals surface area (Å²) in [6.07, 6.45) is 11.6. The van der Waals surface area contributed by atoms with E-state index in [1.54, 1.807) is 6.26 Å². The molecule has 0 spiro atoms. The van der Waals surface area contributed by atoms with Crippen LogP contribution in [0.5, 0.6) is 0 Å². The molecule has 0 aromatic rings. The predicted molar refractivity (Wildman–Crippen MR) is 47.4 cm³/mol. The van der Waals surface area contributed by atoms with Crippen LogP contribution in [0.3, 0.4) is 0 Å². The minimum absolute atomic E-state index is 0. The van der Waals surface area contributed by atoms with Crippen molar-refractivity contribution in [1.82, 2.24) is 0 Å². The van der Waals surface area contributed by atoms with Crippen LogP contribution in [-0.2, 0) is 0 Å². The minimum Gasteiger partial charge on any atom is -0.412 e. The summed E-state index contributed by atoms with van der Waals surface area (Å²) in [7, 11) is 0. The summed E-state index contributed by atoms with van der Waals surface area (Å²) < 4.78 is 7.49. The Hall–Kier alpha value is 1.06. The third-order valence-corrected chi connectivity index (χ3v) is 1.16. The first kappa shape index (κ1) is 18.0. The number of allylic oxidation sites excluding steroid dienone is 2. The van der Waals surface area contributed by atoms with E-state index in [0.717, 1.165) is 12.0 Å². The Kier molecular flexibility index (Phi) is 28.2. The van der Waals surface area contributed by atoms with Crippen molar-refractivity contribution in [3.63, 3.8) is 0 Å². The number of hydrogen-bond donors (Lipinski definition) is 1. The fourth-order valence-corrected chi connectivity index (χ4v) is 0.760. The van der Waals surface area contributed by atoms with Gasteiger partial charge in [0, 0.05) is 37.4 Å². The quantitative estimate of drug-likeness (QED) is 0.499. The Morgan fingerprint density at radius 2 is 1.45 bits per heavy atom. The summed E-state index contributed by atoms with van der Waals surface area (Å²) in [5.41, 5.74) is 0. The van der Waals surface area contributed by atoms with Crippen molar-refractivity contribution in [1.29, 1.82) is 0 Å². The van der Waals surface area contributed by atoms with Gasteiger partial charge in [0.05, 0.1) is 0 Å². The zero-order chi connectivity index (χ0) is 6.95. The van der Waals surface area contributed by atoms with Crippen LogP contribution in [0, 0.1) is 31.1 Å². The molecule has 2 nitrogen and oxygen atoms in total. The van der Waals surface area contributed by atoms with E-state index in [9.17, 15) is 0 Å². The maximum absolute atomic E-state index is 7.49. The molecule has 0 bridgehead atoms. The van der Waals surface area contributed by atoms with Crippen LogP contribution in [0.1, 0.15) is 25.7 Å². The van der Waals surface area contributed by atoms with Crippen LogP contribution in [0.4, 0.5) is 0 Å². The molecule has 0 aromatic heterocycles. The Bertz CT molecular complexity index is 70.8. The average Bonchev–Trinajstić information content (AvgIpc) is 1.93. The summed E-state index contributed by atoms with van der Waals surface area (Å²) >= 11 is 0.750. The van der Waals surface area contributed by atoms with E-state index in [4.69, 9.17) is 4.55 Å². The normalized spacial score (nSPS) is 13.3. The zero-order valence-corrected chi connectivity index (χ0v) is 11.8. The van der Waals surface area contributed by atoms with Crippen molar-refractivity contribution in [3.8, 4) is 0 Å². The molecular weight excluding hydrogens is 386 g/mol. The maximum atomic E-state index is 7.49. The third kappa shape index (κ3) is 18.2. The van der Waals surface area contributed by atoms with Crippen LogP contribution in [0.2, 0.25) is 0 Å². The van der Waals surface area contributed by atoms with Crippen molar-refractivity contribution >= 4 is 12.0 Å². The Labute approximate surface area is 96.7 Å². The van der Waals surface area contributed by atoms with Crippen LogP contribution < -0.4 is 0 Å². The fourth-order valence-electron chi connectivity index (χ4n) is 0.760. The van der Waals surface area contributed by atoms with Crippen molar-refractivity contribution in [2.45, 2.75) is 25.7 Å². The van der Waals surface area contributed by atoms with Crippen LogP contribution >= 0.6 is 12.0 Å². The van der Waals surface area contributed by atoms with Crippen LogP contribution in [0.25, 0.3) is 0 Å². The van der Waals surface area contributed by atoms with Crippen LogP contribution in [0.15, 0.2) is 12.2 Å². The van der Waals surface area contributed by atoms with Gasteiger partial charge in [-0.1, -0.05) is 12.2 Å². The van der Waals surface area contributed by atoms with Gasteiger partial charge in [-0.15, -0.1) is 0 Å². The summed E-state index contributed by atoms with van der Waals surface area (Å²) in [5, 5.41) is 0. The van der Waals surface area contributed by atoms with Gasteiger partial charge in [-0.25, -0.2) is 0 Å². The summed E-state index contributed by atoms with van der Waals surface area (Å²) in [5.74, 6) is 0. The van der Waals surface area contributed by atoms with E-state index < -0.39 is 0 Å². The molecule has 1 rings (SSSR count). The van der Waals surface area contributed by atoms with E-state index in [2.05, 4.69) is 12.2 Å². The maximum Gasteiger partial charge on any atom is 0.00795 e. The molecule has 0 aliphatic heterocycles. The second-order valence-corrected chi connectivity index (χ2v) is 2.30. The predicted octanol–water partition coefficient (Wildman–Crippen LogP) is 2.11. The first-order chi connectivity index (χ1) is 4.41.